The van der Waals surface area contributed by atoms with Crippen LogP contribution >= 0.6 is 0 Å². The highest BCUT2D eigenvalue weighted by molar-refractivity contribution is 5.78. The van der Waals surface area contributed by atoms with E-state index in [0.29, 0.717) is 24.1 Å². The van der Waals surface area contributed by atoms with Crippen molar-refractivity contribution in [3.8, 4) is 11.4 Å². The van der Waals surface area contributed by atoms with Crippen LogP contribution in [-0.4, -0.2) is 21.0 Å². The predicted octanol–water partition coefficient (Wildman–Crippen LogP) is 3.43. The molecule has 4 rings (SSSR count). The SMILES string of the molecule is CC(NC(=O)Cc1ccccc1)c1nc(-c2ccnc(C3CC3)c2)no1. The highest BCUT2D eigenvalue weighted by Gasteiger charge is 2.25. The van der Waals surface area contributed by atoms with Crippen molar-refractivity contribution in [3.05, 3.63) is 65.8 Å². The fourth-order valence-electron chi connectivity index (χ4n) is 2.85. The molecule has 6 nitrogen and oxygen atoms in total. The van der Waals surface area contributed by atoms with Crippen molar-refractivity contribution in [2.45, 2.75) is 38.1 Å². The Bertz CT molecular complexity index is 903. The van der Waals surface area contributed by atoms with Crippen molar-refractivity contribution in [3.63, 3.8) is 0 Å². The predicted molar refractivity (Wildman–Crippen MR) is 96.2 cm³/mol. The molecule has 0 bridgehead atoms. The molecule has 1 unspecified atom stereocenters. The molecule has 3 aromatic rings. The number of nitrogens with one attached hydrogen (secondary N) is 1. The zero-order chi connectivity index (χ0) is 17.9. The van der Waals surface area contributed by atoms with Crippen LogP contribution in [0.5, 0.6) is 0 Å². The monoisotopic (exact) mass is 348 g/mol. The number of benzene rings is 1. The van der Waals surface area contributed by atoms with Gasteiger partial charge in [-0.2, -0.15) is 4.98 Å². The number of hydrogen-bond donors (Lipinski definition) is 1. The van der Waals surface area contributed by atoms with Gasteiger partial charge in [0.1, 0.15) is 6.04 Å². The molecule has 132 valence electrons. The summed E-state index contributed by atoms with van der Waals surface area (Å²) in [5.41, 5.74) is 2.94. The molecule has 0 saturated heterocycles. The first-order valence-electron chi connectivity index (χ1n) is 8.82. The minimum atomic E-state index is -0.350. The van der Waals surface area contributed by atoms with E-state index in [0.717, 1.165) is 16.8 Å². The van der Waals surface area contributed by atoms with Gasteiger partial charge < -0.3 is 9.84 Å². The molecule has 2 heterocycles. The van der Waals surface area contributed by atoms with Gasteiger partial charge in [0.2, 0.25) is 17.6 Å². The highest BCUT2D eigenvalue weighted by atomic mass is 16.5. The molecule has 1 atom stereocenters. The lowest BCUT2D eigenvalue weighted by molar-refractivity contribution is -0.121. The van der Waals surface area contributed by atoms with Gasteiger partial charge in [0.15, 0.2) is 0 Å². The number of aromatic nitrogens is 3. The molecule has 1 fully saturated rings. The van der Waals surface area contributed by atoms with Gasteiger partial charge >= 0.3 is 0 Å². The standard InChI is InChI=1S/C20H20N4O2/c1-13(22-18(25)11-14-5-3-2-4-6-14)20-23-19(24-26-20)16-9-10-21-17(12-16)15-7-8-15/h2-6,9-10,12-13,15H,7-8,11H2,1H3,(H,22,25). The largest absolute Gasteiger partial charge is 0.344 e. The summed E-state index contributed by atoms with van der Waals surface area (Å²) < 4.78 is 5.35. The van der Waals surface area contributed by atoms with Gasteiger partial charge in [-0.1, -0.05) is 35.5 Å². The molecule has 1 N–H and O–H groups in total. The summed E-state index contributed by atoms with van der Waals surface area (Å²) in [5, 5.41) is 6.96. The second-order valence-electron chi connectivity index (χ2n) is 6.65. The molecule has 26 heavy (non-hydrogen) atoms. The molecule has 2 aromatic heterocycles. The minimum Gasteiger partial charge on any atom is -0.344 e. The van der Waals surface area contributed by atoms with E-state index in [9.17, 15) is 4.79 Å². The van der Waals surface area contributed by atoms with Crippen LogP contribution in [0, 0.1) is 0 Å². The summed E-state index contributed by atoms with van der Waals surface area (Å²) in [6.07, 6.45) is 4.49. The van der Waals surface area contributed by atoms with Gasteiger partial charge in [0, 0.05) is 23.4 Å². The molecule has 6 heteroatoms. The molecular weight excluding hydrogens is 328 g/mol. The van der Waals surface area contributed by atoms with Gasteiger partial charge in [0.25, 0.3) is 0 Å². The van der Waals surface area contributed by atoms with Gasteiger partial charge in [-0.15, -0.1) is 0 Å². The lowest BCUT2D eigenvalue weighted by Crippen LogP contribution is -2.28. The van der Waals surface area contributed by atoms with Crippen molar-refractivity contribution < 1.29 is 9.32 Å². The third-order valence-corrected chi connectivity index (χ3v) is 4.43. The average molecular weight is 348 g/mol. The van der Waals surface area contributed by atoms with Crippen LogP contribution in [0.1, 0.15) is 48.9 Å². The Hall–Kier alpha value is -3.02. The molecular formula is C20H20N4O2. The Balaban J connectivity index is 1.42. The number of hydrogen-bond acceptors (Lipinski definition) is 5. The van der Waals surface area contributed by atoms with Crippen molar-refractivity contribution in [1.82, 2.24) is 20.4 Å². The van der Waals surface area contributed by atoms with E-state index in [1.807, 2.05) is 49.4 Å². The molecule has 0 radical (unpaired) electrons. The van der Waals surface area contributed by atoms with Crippen LogP contribution < -0.4 is 5.32 Å². The van der Waals surface area contributed by atoms with Crippen molar-refractivity contribution in [2.24, 2.45) is 0 Å². The number of carbonyl (C=O) groups excluding carboxylic acids is 1. The topological polar surface area (TPSA) is 80.9 Å². The van der Waals surface area contributed by atoms with Crippen molar-refractivity contribution in [2.75, 3.05) is 0 Å². The fraction of sp³-hybridized carbons (Fsp3) is 0.300. The summed E-state index contributed by atoms with van der Waals surface area (Å²) in [6.45, 7) is 1.84. The fourth-order valence-corrected chi connectivity index (χ4v) is 2.85. The van der Waals surface area contributed by atoms with E-state index in [1.54, 1.807) is 6.20 Å². The lowest BCUT2D eigenvalue weighted by atomic mass is 10.1. The molecule has 1 saturated carbocycles. The molecule has 0 aliphatic heterocycles. The zero-order valence-corrected chi connectivity index (χ0v) is 14.6. The van der Waals surface area contributed by atoms with E-state index >= 15 is 0 Å². The molecule has 1 aliphatic carbocycles. The smallest absolute Gasteiger partial charge is 0.249 e. The molecule has 1 aromatic carbocycles. The Morgan fingerprint density at radius 3 is 2.85 bits per heavy atom. The van der Waals surface area contributed by atoms with E-state index in [1.165, 1.54) is 12.8 Å². The summed E-state index contributed by atoms with van der Waals surface area (Å²) >= 11 is 0. The van der Waals surface area contributed by atoms with Crippen LogP contribution in [0.4, 0.5) is 0 Å². The Labute approximate surface area is 151 Å². The lowest BCUT2D eigenvalue weighted by Gasteiger charge is -2.09. The van der Waals surface area contributed by atoms with Crippen LogP contribution in [0.3, 0.4) is 0 Å². The van der Waals surface area contributed by atoms with Gasteiger partial charge in [-0.05, 0) is 37.5 Å². The molecule has 1 aliphatic rings. The summed E-state index contributed by atoms with van der Waals surface area (Å²) in [4.78, 5) is 21.0. The summed E-state index contributed by atoms with van der Waals surface area (Å²) in [5.74, 6) is 1.40. The maximum absolute atomic E-state index is 12.2. The normalized spacial score (nSPS) is 14.8. The van der Waals surface area contributed by atoms with Crippen molar-refractivity contribution >= 4 is 5.91 Å². The second kappa shape index (κ2) is 7.07. The first-order chi connectivity index (χ1) is 12.7. The van der Waals surface area contributed by atoms with Crippen LogP contribution in [0.2, 0.25) is 0 Å². The van der Waals surface area contributed by atoms with E-state index < -0.39 is 0 Å². The van der Waals surface area contributed by atoms with Gasteiger partial charge in [-0.3, -0.25) is 9.78 Å². The first kappa shape index (κ1) is 16.4. The average Bonchev–Trinajstić information content (AvgIpc) is 3.39. The molecule has 1 amide bonds. The van der Waals surface area contributed by atoms with E-state index in [-0.39, 0.29) is 11.9 Å². The quantitative estimate of drug-likeness (QED) is 0.738. The van der Waals surface area contributed by atoms with Crippen molar-refractivity contribution in [1.29, 1.82) is 0 Å². The third kappa shape index (κ3) is 3.79. The van der Waals surface area contributed by atoms with E-state index in [2.05, 4.69) is 20.4 Å². The Morgan fingerprint density at radius 1 is 1.27 bits per heavy atom. The number of carbonyl (C=O) groups is 1. The second-order valence-corrected chi connectivity index (χ2v) is 6.65. The minimum absolute atomic E-state index is 0.0802. The molecule has 0 spiro atoms. The number of nitrogens with zero attached hydrogens (tertiary/aromatic N) is 3. The van der Waals surface area contributed by atoms with Gasteiger partial charge in [-0.25, -0.2) is 0 Å². The number of amides is 1. The third-order valence-electron chi connectivity index (χ3n) is 4.43. The zero-order valence-electron chi connectivity index (χ0n) is 14.6. The van der Waals surface area contributed by atoms with E-state index in [4.69, 9.17) is 4.52 Å². The maximum atomic E-state index is 12.2. The maximum Gasteiger partial charge on any atom is 0.249 e. The first-order valence-corrected chi connectivity index (χ1v) is 8.82. The van der Waals surface area contributed by atoms with Crippen LogP contribution in [0.15, 0.2) is 53.2 Å². The Kier molecular flexibility index (Phi) is 4.48. The summed E-state index contributed by atoms with van der Waals surface area (Å²) in [6, 6.07) is 13.2. The van der Waals surface area contributed by atoms with Crippen LogP contribution in [0.25, 0.3) is 11.4 Å². The Morgan fingerprint density at radius 2 is 2.08 bits per heavy atom. The number of pyridine rings is 1. The van der Waals surface area contributed by atoms with Crippen LogP contribution in [-0.2, 0) is 11.2 Å². The highest BCUT2D eigenvalue weighted by Crippen LogP contribution is 2.39. The van der Waals surface area contributed by atoms with Gasteiger partial charge in [0.05, 0.1) is 6.42 Å². The summed E-state index contributed by atoms with van der Waals surface area (Å²) in [7, 11) is 0. The number of rotatable bonds is 6.